The molecule has 0 aliphatic rings. The Labute approximate surface area is 188 Å². The van der Waals surface area contributed by atoms with Crippen LogP contribution in [0.2, 0.25) is 5.02 Å². The minimum Gasteiger partial charge on any atom is -0.508 e. The number of carbonyl (C=O) groups excluding carboxylic acids is 1. The summed E-state index contributed by atoms with van der Waals surface area (Å²) in [5.41, 5.74) is 1.37. The molecule has 0 aromatic heterocycles. The number of hydrogen-bond donors (Lipinski definition) is 2. The number of phenols is 1. The second kappa shape index (κ2) is 10.1. The van der Waals surface area contributed by atoms with Crippen molar-refractivity contribution >= 4 is 35.0 Å². The van der Waals surface area contributed by atoms with Crippen LogP contribution in [0.15, 0.2) is 72.3 Å². The third kappa shape index (κ3) is 5.84. The molecule has 0 fully saturated rings. The van der Waals surface area contributed by atoms with E-state index >= 15 is 0 Å². The predicted octanol–water partition coefficient (Wildman–Crippen LogP) is 5.08. The minimum atomic E-state index is -0.611. The van der Waals surface area contributed by atoms with Crippen LogP contribution in [0.25, 0.3) is 6.08 Å². The van der Waals surface area contributed by atoms with E-state index < -0.39 is 10.8 Å². The number of nitro groups is 1. The van der Waals surface area contributed by atoms with Gasteiger partial charge in [0.05, 0.1) is 9.95 Å². The number of nitro benzene ring substituents is 1. The summed E-state index contributed by atoms with van der Waals surface area (Å²) in [6, 6.07) is 18.5. The zero-order valence-corrected chi connectivity index (χ0v) is 17.2. The number of phenolic OH excluding ortho intramolecular Hbond substituents is 1. The molecule has 0 saturated heterocycles. The molecule has 9 heteroatoms. The molecular weight excluding hydrogens is 434 g/mol. The van der Waals surface area contributed by atoms with E-state index in [9.17, 15) is 25.3 Å². The first-order valence-electron chi connectivity index (χ1n) is 9.23. The lowest BCUT2D eigenvalue weighted by Crippen LogP contribution is -2.13. The number of halogens is 1. The fourth-order valence-electron chi connectivity index (χ4n) is 2.70. The van der Waals surface area contributed by atoms with E-state index in [2.05, 4.69) is 5.32 Å². The monoisotopic (exact) mass is 449 g/mol. The number of carbonyl (C=O) groups is 1. The van der Waals surface area contributed by atoms with Gasteiger partial charge in [-0.05, 0) is 53.6 Å². The lowest BCUT2D eigenvalue weighted by molar-refractivity contribution is -0.384. The molecule has 32 heavy (non-hydrogen) atoms. The molecular formula is C23H16ClN3O5. The Bertz CT molecular complexity index is 1230. The Balaban J connectivity index is 1.70. The number of benzene rings is 3. The Hall–Kier alpha value is -4.35. The second-order valence-corrected chi connectivity index (χ2v) is 6.98. The van der Waals surface area contributed by atoms with Gasteiger partial charge in [-0.25, -0.2) is 0 Å². The highest BCUT2D eigenvalue weighted by molar-refractivity contribution is 6.32. The van der Waals surface area contributed by atoms with E-state index in [1.54, 1.807) is 24.3 Å². The highest BCUT2D eigenvalue weighted by Gasteiger charge is 2.11. The number of nitrogens with one attached hydrogen (secondary N) is 1. The zero-order chi connectivity index (χ0) is 23.1. The molecule has 0 aliphatic carbocycles. The number of rotatable bonds is 7. The number of anilines is 1. The number of amides is 1. The average Bonchev–Trinajstić information content (AvgIpc) is 2.78. The summed E-state index contributed by atoms with van der Waals surface area (Å²) in [6.45, 7) is 0.0784. The molecule has 0 atom stereocenters. The SMILES string of the molecule is N#C/C(=C\c1ccc(OCc2cccc([N+](=O)[O-])c2)c(Cl)c1)C(=O)Nc1ccc(O)cc1. The molecule has 3 aromatic rings. The van der Waals surface area contributed by atoms with Crippen molar-refractivity contribution in [2.75, 3.05) is 5.32 Å². The predicted molar refractivity (Wildman–Crippen MR) is 119 cm³/mol. The summed E-state index contributed by atoms with van der Waals surface area (Å²) >= 11 is 6.26. The van der Waals surface area contributed by atoms with Crippen molar-refractivity contribution < 1.29 is 19.6 Å². The largest absolute Gasteiger partial charge is 0.508 e. The third-order valence-corrected chi connectivity index (χ3v) is 4.57. The van der Waals surface area contributed by atoms with Crippen molar-refractivity contribution in [3.8, 4) is 17.6 Å². The first-order valence-corrected chi connectivity index (χ1v) is 9.61. The summed E-state index contributed by atoms with van der Waals surface area (Å²) in [5.74, 6) is -0.204. The molecule has 0 radical (unpaired) electrons. The van der Waals surface area contributed by atoms with Gasteiger partial charge in [-0.3, -0.25) is 14.9 Å². The normalized spacial score (nSPS) is 10.8. The topological polar surface area (TPSA) is 125 Å². The number of nitriles is 1. The van der Waals surface area contributed by atoms with E-state index in [1.807, 2.05) is 6.07 Å². The minimum absolute atomic E-state index is 0.0349. The zero-order valence-electron chi connectivity index (χ0n) is 16.5. The number of aromatic hydroxyl groups is 1. The highest BCUT2D eigenvalue weighted by atomic mass is 35.5. The first kappa shape index (κ1) is 22.3. The molecule has 1 amide bonds. The molecule has 3 rings (SSSR count). The van der Waals surface area contributed by atoms with Crippen molar-refractivity contribution in [2.24, 2.45) is 0 Å². The van der Waals surface area contributed by atoms with E-state index in [0.717, 1.165) is 0 Å². The van der Waals surface area contributed by atoms with Crippen molar-refractivity contribution in [2.45, 2.75) is 6.61 Å². The van der Waals surface area contributed by atoms with Crippen LogP contribution >= 0.6 is 11.6 Å². The van der Waals surface area contributed by atoms with E-state index in [1.165, 1.54) is 48.5 Å². The molecule has 0 spiro atoms. The quantitative estimate of drug-likeness (QED) is 0.170. The maximum Gasteiger partial charge on any atom is 0.269 e. The van der Waals surface area contributed by atoms with Crippen LogP contribution in [0, 0.1) is 21.4 Å². The van der Waals surface area contributed by atoms with Gasteiger partial charge in [0, 0.05) is 17.8 Å². The average molecular weight is 450 g/mol. The molecule has 8 nitrogen and oxygen atoms in total. The smallest absolute Gasteiger partial charge is 0.269 e. The molecule has 0 heterocycles. The second-order valence-electron chi connectivity index (χ2n) is 6.58. The lowest BCUT2D eigenvalue weighted by atomic mass is 10.1. The van der Waals surface area contributed by atoms with Crippen LogP contribution in [0.1, 0.15) is 11.1 Å². The van der Waals surface area contributed by atoms with Crippen LogP contribution in [0.5, 0.6) is 11.5 Å². The summed E-state index contributed by atoms with van der Waals surface area (Å²) in [4.78, 5) is 22.7. The number of non-ortho nitro benzene ring substituents is 1. The van der Waals surface area contributed by atoms with Gasteiger partial charge in [-0.2, -0.15) is 5.26 Å². The van der Waals surface area contributed by atoms with Crippen molar-refractivity contribution in [1.29, 1.82) is 5.26 Å². The molecule has 0 saturated carbocycles. The number of ether oxygens (including phenoxy) is 1. The van der Waals surface area contributed by atoms with E-state index in [0.29, 0.717) is 22.6 Å². The van der Waals surface area contributed by atoms with Gasteiger partial charge in [0.25, 0.3) is 11.6 Å². The summed E-state index contributed by atoms with van der Waals surface area (Å²) in [6.07, 6.45) is 1.38. The Kier molecular flexibility index (Phi) is 7.06. The van der Waals surface area contributed by atoms with Gasteiger partial charge in [-0.1, -0.05) is 29.8 Å². The van der Waals surface area contributed by atoms with E-state index in [4.69, 9.17) is 16.3 Å². The number of nitrogens with zero attached hydrogens (tertiary/aromatic N) is 2. The molecule has 0 bridgehead atoms. The Morgan fingerprint density at radius 1 is 1.19 bits per heavy atom. The Morgan fingerprint density at radius 3 is 2.59 bits per heavy atom. The van der Waals surface area contributed by atoms with Gasteiger partial charge >= 0.3 is 0 Å². The van der Waals surface area contributed by atoms with Crippen LogP contribution in [-0.4, -0.2) is 15.9 Å². The van der Waals surface area contributed by atoms with Gasteiger partial charge in [0.2, 0.25) is 0 Å². The van der Waals surface area contributed by atoms with Crippen molar-refractivity contribution in [1.82, 2.24) is 0 Å². The van der Waals surface area contributed by atoms with Crippen molar-refractivity contribution in [3.63, 3.8) is 0 Å². The highest BCUT2D eigenvalue weighted by Crippen LogP contribution is 2.28. The first-order chi connectivity index (χ1) is 15.4. The molecule has 3 aromatic carbocycles. The maximum atomic E-state index is 12.3. The lowest BCUT2D eigenvalue weighted by Gasteiger charge is -2.09. The van der Waals surface area contributed by atoms with E-state index in [-0.39, 0.29) is 28.6 Å². The van der Waals surface area contributed by atoms with Gasteiger partial charge < -0.3 is 15.2 Å². The van der Waals surface area contributed by atoms with Gasteiger partial charge in [0.1, 0.15) is 29.7 Å². The molecule has 0 unspecified atom stereocenters. The third-order valence-electron chi connectivity index (χ3n) is 4.27. The van der Waals surface area contributed by atoms with Gasteiger partial charge in [0.15, 0.2) is 0 Å². The molecule has 2 N–H and O–H groups in total. The van der Waals surface area contributed by atoms with Crippen LogP contribution < -0.4 is 10.1 Å². The molecule has 0 aliphatic heterocycles. The Morgan fingerprint density at radius 2 is 1.94 bits per heavy atom. The summed E-state index contributed by atoms with van der Waals surface area (Å²) in [7, 11) is 0. The maximum absolute atomic E-state index is 12.3. The summed E-state index contributed by atoms with van der Waals surface area (Å²) in [5, 5.41) is 32.3. The number of hydrogen-bond acceptors (Lipinski definition) is 6. The van der Waals surface area contributed by atoms with Crippen molar-refractivity contribution in [3.05, 3.63) is 98.6 Å². The van der Waals surface area contributed by atoms with Crippen LogP contribution in [0.3, 0.4) is 0 Å². The molecule has 160 valence electrons. The fraction of sp³-hybridized carbons (Fsp3) is 0.0435. The summed E-state index contributed by atoms with van der Waals surface area (Å²) < 4.78 is 5.64. The standard InChI is InChI=1S/C23H16ClN3O5/c24-21-12-15(10-17(13-25)23(29)26-18-5-7-20(28)8-6-18)4-9-22(21)32-14-16-2-1-3-19(11-16)27(30)31/h1-12,28H,14H2,(H,26,29)/b17-10+. The van der Waals surface area contributed by atoms with Gasteiger partial charge in [-0.15, -0.1) is 0 Å². The fourth-order valence-corrected chi connectivity index (χ4v) is 2.95. The van der Waals surface area contributed by atoms with Crippen LogP contribution in [-0.2, 0) is 11.4 Å². The van der Waals surface area contributed by atoms with Crippen LogP contribution in [0.4, 0.5) is 11.4 Å².